The zero-order valence-electron chi connectivity index (χ0n) is 13.1. The molecular weight excluding hydrogens is 314 g/mol. The average Bonchev–Trinajstić information content (AvgIpc) is 2.67. The van der Waals surface area contributed by atoms with Gasteiger partial charge in [0, 0.05) is 29.0 Å². The van der Waals surface area contributed by atoms with E-state index < -0.39 is 0 Å². The molecule has 0 fully saturated rings. The molecule has 2 aromatic carbocycles. The maximum Gasteiger partial charge on any atom is 0.227 e. The van der Waals surface area contributed by atoms with E-state index in [4.69, 9.17) is 0 Å². The number of carbonyl (C=O) groups is 2. The van der Waals surface area contributed by atoms with Gasteiger partial charge in [0.05, 0.1) is 11.4 Å². The molecule has 0 aliphatic heterocycles. The first-order valence-electron chi connectivity index (χ1n) is 7.77. The van der Waals surface area contributed by atoms with Gasteiger partial charge in [-0.15, -0.1) is 0 Å². The monoisotopic (exact) mass is 327 g/mol. The summed E-state index contributed by atoms with van der Waals surface area (Å²) < 4.78 is 0. The summed E-state index contributed by atoms with van der Waals surface area (Å²) in [5.74, 6) is -0.186. The van der Waals surface area contributed by atoms with Gasteiger partial charge in [0.2, 0.25) is 11.7 Å². The van der Waals surface area contributed by atoms with E-state index in [-0.39, 0.29) is 23.2 Å². The SMILES string of the molecule is O=C1C=C(Nc2nccc(-c3ccccc3)n2)C(=O)c2ccccc21. The first kappa shape index (κ1) is 15.0. The molecule has 0 saturated heterocycles. The van der Waals surface area contributed by atoms with E-state index in [2.05, 4.69) is 15.3 Å². The Morgan fingerprint density at radius 1 is 0.800 bits per heavy atom. The van der Waals surface area contributed by atoms with Crippen LogP contribution >= 0.6 is 0 Å². The summed E-state index contributed by atoms with van der Waals surface area (Å²) in [5, 5.41) is 2.88. The highest BCUT2D eigenvalue weighted by atomic mass is 16.1. The number of aromatic nitrogens is 2. The number of nitrogens with zero attached hydrogens (tertiary/aromatic N) is 2. The molecule has 5 nitrogen and oxygen atoms in total. The van der Waals surface area contributed by atoms with Crippen LogP contribution < -0.4 is 5.32 Å². The van der Waals surface area contributed by atoms with Gasteiger partial charge in [-0.05, 0) is 6.07 Å². The smallest absolute Gasteiger partial charge is 0.227 e. The molecule has 0 radical (unpaired) electrons. The molecule has 0 unspecified atom stereocenters. The molecule has 120 valence electrons. The molecule has 0 bridgehead atoms. The van der Waals surface area contributed by atoms with Crippen LogP contribution in [0.1, 0.15) is 20.7 Å². The Labute approximate surface area is 144 Å². The van der Waals surface area contributed by atoms with Crippen molar-refractivity contribution in [2.45, 2.75) is 0 Å². The van der Waals surface area contributed by atoms with E-state index in [9.17, 15) is 9.59 Å². The third kappa shape index (κ3) is 2.83. The van der Waals surface area contributed by atoms with Crippen LogP contribution in [-0.2, 0) is 0 Å². The van der Waals surface area contributed by atoms with Crippen molar-refractivity contribution >= 4 is 17.5 Å². The molecule has 0 saturated carbocycles. The summed E-state index contributed by atoms with van der Waals surface area (Å²) in [6.45, 7) is 0. The molecule has 3 aromatic rings. The fourth-order valence-corrected chi connectivity index (χ4v) is 2.72. The predicted octanol–water partition coefficient (Wildman–Crippen LogP) is 3.52. The number of fused-ring (bicyclic) bond motifs is 1. The maximum atomic E-state index is 12.6. The van der Waals surface area contributed by atoms with Crippen LogP contribution in [0.25, 0.3) is 11.3 Å². The Morgan fingerprint density at radius 2 is 1.52 bits per heavy atom. The second kappa shape index (κ2) is 6.13. The molecule has 0 amide bonds. The molecule has 5 heteroatoms. The zero-order chi connectivity index (χ0) is 17.2. The fraction of sp³-hybridized carbons (Fsp3) is 0. The second-order valence-corrected chi connectivity index (χ2v) is 5.55. The van der Waals surface area contributed by atoms with Crippen LogP contribution in [0.2, 0.25) is 0 Å². The lowest BCUT2D eigenvalue weighted by Gasteiger charge is -2.15. The van der Waals surface area contributed by atoms with Gasteiger partial charge in [-0.25, -0.2) is 9.97 Å². The van der Waals surface area contributed by atoms with Gasteiger partial charge in [0.1, 0.15) is 0 Å². The summed E-state index contributed by atoms with van der Waals surface area (Å²) in [7, 11) is 0. The predicted molar refractivity (Wildman–Crippen MR) is 94.3 cm³/mol. The van der Waals surface area contributed by atoms with E-state index in [0.29, 0.717) is 11.1 Å². The van der Waals surface area contributed by atoms with Gasteiger partial charge >= 0.3 is 0 Å². The highest BCUT2D eigenvalue weighted by molar-refractivity contribution is 6.25. The van der Waals surface area contributed by atoms with E-state index in [1.807, 2.05) is 30.3 Å². The quantitative estimate of drug-likeness (QED) is 0.797. The third-order valence-corrected chi connectivity index (χ3v) is 3.93. The van der Waals surface area contributed by atoms with Gasteiger partial charge in [0.25, 0.3) is 0 Å². The number of hydrogen-bond donors (Lipinski definition) is 1. The number of rotatable bonds is 3. The van der Waals surface area contributed by atoms with Crippen molar-refractivity contribution < 1.29 is 9.59 Å². The highest BCUT2D eigenvalue weighted by Crippen LogP contribution is 2.22. The zero-order valence-corrected chi connectivity index (χ0v) is 13.1. The fourth-order valence-electron chi connectivity index (χ4n) is 2.72. The standard InChI is InChI=1S/C20H13N3O2/c24-18-12-17(19(25)15-9-5-4-8-14(15)18)23-20-21-11-10-16(22-20)13-6-2-1-3-7-13/h1-12H,(H,21,22,23). The van der Waals surface area contributed by atoms with Crippen molar-refractivity contribution in [1.29, 1.82) is 0 Å². The molecule has 1 aliphatic carbocycles. The number of anilines is 1. The molecular formula is C20H13N3O2. The largest absolute Gasteiger partial charge is 0.321 e. The number of allylic oxidation sites excluding steroid dienone is 2. The number of ketones is 2. The second-order valence-electron chi connectivity index (χ2n) is 5.55. The van der Waals surface area contributed by atoms with Gasteiger partial charge in [-0.3, -0.25) is 9.59 Å². The molecule has 25 heavy (non-hydrogen) atoms. The summed E-state index contributed by atoms with van der Waals surface area (Å²) >= 11 is 0. The first-order valence-corrected chi connectivity index (χ1v) is 7.77. The number of carbonyl (C=O) groups excluding carboxylic acids is 2. The molecule has 0 spiro atoms. The lowest BCUT2D eigenvalue weighted by Crippen LogP contribution is -2.22. The molecule has 4 rings (SSSR count). The Kier molecular flexibility index (Phi) is 3.67. The topological polar surface area (TPSA) is 72.0 Å². The lowest BCUT2D eigenvalue weighted by molar-refractivity contribution is 0.0985. The van der Waals surface area contributed by atoms with E-state index in [1.54, 1.807) is 36.5 Å². The molecule has 1 N–H and O–H groups in total. The van der Waals surface area contributed by atoms with Crippen LogP contribution in [0.3, 0.4) is 0 Å². The molecule has 1 heterocycles. The average molecular weight is 327 g/mol. The van der Waals surface area contributed by atoms with Crippen molar-refractivity contribution in [3.63, 3.8) is 0 Å². The van der Waals surface area contributed by atoms with Crippen molar-refractivity contribution in [2.75, 3.05) is 5.32 Å². The minimum Gasteiger partial charge on any atom is -0.321 e. The molecule has 1 aromatic heterocycles. The first-order chi connectivity index (χ1) is 12.2. The van der Waals surface area contributed by atoms with Gasteiger partial charge in [-0.1, -0.05) is 54.6 Å². The number of nitrogens with one attached hydrogen (secondary N) is 1. The van der Waals surface area contributed by atoms with E-state index in [0.717, 1.165) is 11.3 Å². The van der Waals surface area contributed by atoms with Gasteiger partial charge in [-0.2, -0.15) is 0 Å². The Morgan fingerprint density at radius 3 is 2.32 bits per heavy atom. The van der Waals surface area contributed by atoms with Crippen LogP contribution in [-0.4, -0.2) is 21.5 Å². The van der Waals surface area contributed by atoms with Crippen LogP contribution in [0, 0.1) is 0 Å². The van der Waals surface area contributed by atoms with Crippen molar-refractivity contribution in [1.82, 2.24) is 9.97 Å². The van der Waals surface area contributed by atoms with E-state index in [1.165, 1.54) is 6.08 Å². The van der Waals surface area contributed by atoms with Crippen molar-refractivity contribution in [3.8, 4) is 11.3 Å². The van der Waals surface area contributed by atoms with Crippen LogP contribution in [0.15, 0.2) is 78.6 Å². The van der Waals surface area contributed by atoms with E-state index >= 15 is 0 Å². The van der Waals surface area contributed by atoms with Crippen molar-refractivity contribution in [3.05, 3.63) is 89.8 Å². The summed E-state index contributed by atoms with van der Waals surface area (Å²) in [4.78, 5) is 33.4. The Balaban J connectivity index is 1.65. The normalized spacial score (nSPS) is 13.2. The molecule has 0 atom stereocenters. The summed E-state index contributed by atoms with van der Waals surface area (Å²) in [6.07, 6.45) is 2.91. The number of benzene rings is 2. The summed E-state index contributed by atoms with van der Waals surface area (Å²) in [5.41, 5.74) is 2.65. The summed E-state index contributed by atoms with van der Waals surface area (Å²) in [6, 6.07) is 18.2. The van der Waals surface area contributed by atoms with Crippen LogP contribution in [0.5, 0.6) is 0 Å². The van der Waals surface area contributed by atoms with Crippen LogP contribution in [0.4, 0.5) is 5.95 Å². The third-order valence-electron chi connectivity index (χ3n) is 3.93. The highest BCUT2D eigenvalue weighted by Gasteiger charge is 2.25. The Bertz CT molecular complexity index is 1010. The lowest BCUT2D eigenvalue weighted by atomic mass is 9.93. The minimum absolute atomic E-state index is 0.175. The van der Waals surface area contributed by atoms with Gasteiger partial charge < -0.3 is 5.32 Å². The molecule has 1 aliphatic rings. The number of hydrogen-bond acceptors (Lipinski definition) is 5. The van der Waals surface area contributed by atoms with Gasteiger partial charge in [0.15, 0.2) is 5.78 Å². The number of Topliss-reactive ketones (excluding diaryl/α,β-unsaturated/α-hetero) is 1. The maximum absolute atomic E-state index is 12.6. The van der Waals surface area contributed by atoms with Crippen molar-refractivity contribution in [2.24, 2.45) is 0 Å². The Hall–Kier alpha value is -3.60. The minimum atomic E-state index is -0.246.